The van der Waals surface area contributed by atoms with Gasteiger partial charge in [0.25, 0.3) is 0 Å². The van der Waals surface area contributed by atoms with Gasteiger partial charge in [-0.1, -0.05) is 25.5 Å². The molecule has 4 rings (SSSR count). The molecule has 0 saturated heterocycles. The Morgan fingerprint density at radius 1 is 1.16 bits per heavy atom. The lowest BCUT2D eigenvalue weighted by atomic mass is 9.47. The number of aliphatic hydroxyl groups excluding tert-OH is 1. The van der Waals surface area contributed by atoms with Crippen molar-refractivity contribution in [3.05, 3.63) is 23.8 Å². The van der Waals surface area contributed by atoms with E-state index in [0.717, 1.165) is 31.3 Å². The Hall–Kier alpha value is -1.99. The Bertz CT molecular complexity index is 851. The first-order chi connectivity index (χ1) is 15.2. The molecule has 4 aliphatic carbocycles. The van der Waals surface area contributed by atoms with Gasteiger partial charge in [-0.05, 0) is 61.5 Å². The second-order valence-electron chi connectivity index (χ2n) is 10.6. The van der Waals surface area contributed by atoms with Crippen LogP contribution >= 0.6 is 0 Å². The van der Waals surface area contributed by atoms with E-state index in [1.165, 1.54) is 0 Å². The minimum absolute atomic E-state index is 0.0427. The van der Waals surface area contributed by atoms with Crippen LogP contribution in [0.3, 0.4) is 0 Å². The second kappa shape index (κ2) is 8.75. The Balaban J connectivity index is 1.42. The standard InChI is InChI=1S/C25H36N2O5/c1-24-9-7-16(28)13-15(24)3-4-17-18-5-6-19(25(18,2)14-20(29)22(17)24)23(32)27-12-11-26-10-8-21(30)31/h7,9,13,17-20,22,26,29H,3-6,8,10-12,14H2,1-2H3,(H,27,32)(H,30,31). The number of nitrogens with one attached hydrogen (secondary N) is 2. The van der Waals surface area contributed by atoms with E-state index in [1.807, 2.05) is 6.08 Å². The molecule has 4 N–H and O–H groups in total. The van der Waals surface area contributed by atoms with Crippen LogP contribution in [0.15, 0.2) is 23.8 Å². The number of fused-ring (bicyclic) bond motifs is 5. The number of ketones is 1. The number of amides is 1. The smallest absolute Gasteiger partial charge is 0.304 e. The molecule has 0 aromatic carbocycles. The number of carbonyl (C=O) groups is 3. The van der Waals surface area contributed by atoms with Gasteiger partial charge in [0.1, 0.15) is 0 Å². The van der Waals surface area contributed by atoms with Crippen LogP contribution in [0.1, 0.15) is 52.4 Å². The van der Waals surface area contributed by atoms with Crippen LogP contribution in [0.5, 0.6) is 0 Å². The molecule has 0 aromatic rings. The molecule has 7 heteroatoms. The highest BCUT2D eigenvalue weighted by atomic mass is 16.4. The fraction of sp³-hybridized carbons (Fsp3) is 0.720. The van der Waals surface area contributed by atoms with Gasteiger partial charge in [0.2, 0.25) is 5.91 Å². The average Bonchev–Trinajstić information content (AvgIpc) is 3.07. The molecule has 32 heavy (non-hydrogen) atoms. The zero-order valence-electron chi connectivity index (χ0n) is 19.1. The number of allylic oxidation sites excluding steroid dienone is 4. The molecule has 7 atom stereocenters. The first-order valence-electron chi connectivity index (χ1n) is 12.0. The lowest BCUT2D eigenvalue weighted by molar-refractivity contribution is -0.141. The summed E-state index contributed by atoms with van der Waals surface area (Å²) in [5, 5.41) is 26.1. The lowest BCUT2D eigenvalue weighted by Crippen LogP contribution is -2.57. The van der Waals surface area contributed by atoms with Gasteiger partial charge in [-0.3, -0.25) is 14.4 Å². The molecule has 176 valence electrons. The van der Waals surface area contributed by atoms with Gasteiger partial charge in [-0.2, -0.15) is 0 Å². The third-order valence-electron chi connectivity index (χ3n) is 8.93. The summed E-state index contributed by atoms with van der Waals surface area (Å²) in [6.07, 6.45) is 9.30. The molecule has 1 amide bonds. The highest BCUT2D eigenvalue weighted by Crippen LogP contribution is 2.65. The first kappa shape index (κ1) is 23.2. The summed E-state index contributed by atoms with van der Waals surface area (Å²) < 4.78 is 0. The van der Waals surface area contributed by atoms with Crippen molar-refractivity contribution in [1.29, 1.82) is 0 Å². The number of hydrogen-bond acceptors (Lipinski definition) is 5. The van der Waals surface area contributed by atoms with Gasteiger partial charge in [-0.25, -0.2) is 0 Å². The number of rotatable bonds is 7. The summed E-state index contributed by atoms with van der Waals surface area (Å²) in [6.45, 7) is 5.75. The Morgan fingerprint density at radius 2 is 1.94 bits per heavy atom. The minimum Gasteiger partial charge on any atom is -0.481 e. The van der Waals surface area contributed by atoms with E-state index in [2.05, 4.69) is 24.5 Å². The van der Waals surface area contributed by atoms with Gasteiger partial charge in [0.05, 0.1) is 12.5 Å². The first-order valence-corrected chi connectivity index (χ1v) is 12.0. The minimum atomic E-state index is -0.838. The summed E-state index contributed by atoms with van der Waals surface area (Å²) in [6, 6.07) is 0. The molecule has 0 aliphatic heterocycles. The van der Waals surface area contributed by atoms with Crippen molar-refractivity contribution < 1.29 is 24.6 Å². The van der Waals surface area contributed by atoms with Gasteiger partial charge in [0.15, 0.2) is 5.78 Å². The van der Waals surface area contributed by atoms with E-state index in [0.29, 0.717) is 37.9 Å². The average molecular weight is 445 g/mol. The van der Waals surface area contributed by atoms with E-state index in [-0.39, 0.29) is 40.8 Å². The highest BCUT2D eigenvalue weighted by molar-refractivity contribution is 6.01. The van der Waals surface area contributed by atoms with Crippen LogP contribution in [0.2, 0.25) is 0 Å². The zero-order valence-corrected chi connectivity index (χ0v) is 19.1. The third kappa shape index (κ3) is 3.94. The monoisotopic (exact) mass is 444 g/mol. The maximum Gasteiger partial charge on any atom is 0.304 e. The molecular weight excluding hydrogens is 408 g/mol. The normalized spacial score (nSPS) is 40.2. The summed E-state index contributed by atoms with van der Waals surface area (Å²) >= 11 is 0. The number of aliphatic carboxylic acids is 1. The molecule has 0 heterocycles. The Labute approximate surface area is 189 Å². The number of carboxylic acids is 1. The topological polar surface area (TPSA) is 116 Å². The second-order valence-corrected chi connectivity index (χ2v) is 10.6. The van der Waals surface area contributed by atoms with Crippen molar-refractivity contribution in [3.8, 4) is 0 Å². The van der Waals surface area contributed by atoms with Crippen molar-refractivity contribution >= 4 is 17.7 Å². The van der Waals surface area contributed by atoms with Crippen LogP contribution < -0.4 is 10.6 Å². The van der Waals surface area contributed by atoms with E-state index in [9.17, 15) is 19.5 Å². The van der Waals surface area contributed by atoms with Crippen LogP contribution in [-0.4, -0.2) is 53.6 Å². The van der Waals surface area contributed by atoms with Crippen molar-refractivity contribution in [1.82, 2.24) is 10.6 Å². The van der Waals surface area contributed by atoms with E-state index < -0.39 is 12.1 Å². The summed E-state index contributed by atoms with van der Waals surface area (Å²) in [5.41, 5.74) is 0.642. The third-order valence-corrected chi connectivity index (χ3v) is 8.93. The fourth-order valence-electron chi connectivity index (χ4n) is 7.47. The molecule has 0 bridgehead atoms. The SMILES string of the molecule is CC12C=CC(=O)C=C1CCC1C2C(O)CC2(C)C(C(=O)NCCNCCC(=O)O)CCC12. The van der Waals surface area contributed by atoms with E-state index in [4.69, 9.17) is 5.11 Å². The molecule has 3 saturated carbocycles. The largest absolute Gasteiger partial charge is 0.481 e. The van der Waals surface area contributed by atoms with Gasteiger partial charge in [0, 0.05) is 36.9 Å². The fourth-order valence-corrected chi connectivity index (χ4v) is 7.47. The molecule has 7 nitrogen and oxygen atoms in total. The van der Waals surface area contributed by atoms with Gasteiger partial charge >= 0.3 is 5.97 Å². The number of hydrogen-bond donors (Lipinski definition) is 4. The van der Waals surface area contributed by atoms with Crippen molar-refractivity contribution in [3.63, 3.8) is 0 Å². The predicted molar refractivity (Wildman–Crippen MR) is 120 cm³/mol. The molecule has 0 aromatic heterocycles. The van der Waals surface area contributed by atoms with E-state index >= 15 is 0 Å². The number of aliphatic hydroxyl groups is 1. The van der Waals surface area contributed by atoms with Gasteiger partial charge < -0.3 is 20.8 Å². The number of carbonyl (C=O) groups excluding carboxylic acids is 2. The summed E-state index contributed by atoms with van der Waals surface area (Å²) in [4.78, 5) is 35.6. The maximum atomic E-state index is 13.1. The van der Waals surface area contributed by atoms with Crippen molar-refractivity contribution in [2.75, 3.05) is 19.6 Å². The van der Waals surface area contributed by atoms with Crippen LogP contribution in [0.4, 0.5) is 0 Å². The molecular formula is C25H36N2O5. The van der Waals surface area contributed by atoms with E-state index in [1.54, 1.807) is 12.2 Å². The Kier molecular flexibility index (Phi) is 6.34. The molecule has 4 aliphatic rings. The molecule has 0 spiro atoms. The summed E-state index contributed by atoms with van der Waals surface area (Å²) in [7, 11) is 0. The highest BCUT2D eigenvalue weighted by Gasteiger charge is 2.62. The molecule has 7 unspecified atom stereocenters. The summed E-state index contributed by atoms with van der Waals surface area (Å²) in [5.74, 6) is -0.0350. The molecule has 0 radical (unpaired) electrons. The van der Waals surface area contributed by atoms with Crippen molar-refractivity contribution in [2.45, 2.75) is 58.5 Å². The quantitative estimate of drug-likeness (QED) is 0.447. The maximum absolute atomic E-state index is 13.1. The number of carboxylic acid groups (broad SMARTS) is 1. The predicted octanol–water partition coefficient (Wildman–Crippen LogP) is 2.06. The van der Waals surface area contributed by atoms with Crippen LogP contribution in [0, 0.1) is 34.5 Å². The van der Waals surface area contributed by atoms with Gasteiger partial charge in [-0.15, -0.1) is 0 Å². The Morgan fingerprint density at radius 3 is 2.69 bits per heavy atom. The molecule has 3 fully saturated rings. The van der Waals surface area contributed by atoms with Crippen molar-refractivity contribution in [2.24, 2.45) is 34.5 Å². The zero-order chi connectivity index (χ0) is 23.1. The lowest BCUT2D eigenvalue weighted by Gasteiger charge is -2.58. The van der Waals surface area contributed by atoms with Crippen LogP contribution in [-0.2, 0) is 14.4 Å². The van der Waals surface area contributed by atoms with Crippen LogP contribution in [0.25, 0.3) is 0 Å².